The van der Waals surface area contributed by atoms with E-state index in [1.54, 1.807) is 18.5 Å². The molecule has 1 saturated carbocycles. The zero-order valence-electron chi connectivity index (χ0n) is 12.5. The van der Waals surface area contributed by atoms with E-state index in [1.807, 2.05) is 6.07 Å². The summed E-state index contributed by atoms with van der Waals surface area (Å²) in [5.74, 6) is -1.06. The number of carbonyl (C=O) groups excluding carboxylic acids is 2. The van der Waals surface area contributed by atoms with Gasteiger partial charge >= 0.3 is 11.9 Å². The molecule has 5 nitrogen and oxygen atoms in total. The molecule has 0 aromatic carbocycles. The van der Waals surface area contributed by atoms with Crippen LogP contribution in [0.25, 0.3) is 0 Å². The topological polar surface area (TPSA) is 65.5 Å². The first-order chi connectivity index (χ1) is 10.1. The number of esters is 2. The first-order valence-corrected chi connectivity index (χ1v) is 7.21. The molecule has 0 spiro atoms. The molecule has 0 amide bonds. The van der Waals surface area contributed by atoms with Crippen LogP contribution in [0.3, 0.4) is 0 Å². The third-order valence-corrected chi connectivity index (χ3v) is 4.36. The molecule has 1 fully saturated rings. The van der Waals surface area contributed by atoms with Crippen molar-refractivity contribution in [2.45, 2.75) is 32.1 Å². The lowest BCUT2D eigenvalue weighted by molar-refractivity contribution is -0.173. The quantitative estimate of drug-likeness (QED) is 0.614. The van der Waals surface area contributed by atoms with E-state index in [0.29, 0.717) is 0 Å². The van der Waals surface area contributed by atoms with Gasteiger partial charge in [-0.1, -0.05) is 18.9 Å². The first kappa shape index (κ1) is 15.5. The van der Waals surface area contributed by atoms with Gasteiger partial charge in [0.15, 0.2) is 5.41 Å². The minimum atomic E-state index is -1.26. The summed E-state index contributed by atoms with van der Waals surface area (Å²) in [5.41, 5.74) is -0.427. The lowest BCUT2D eigenvalue weighted by atomic mass is 9.70. The van der Waals surface area contributed by atoms with Crippen LogP contribution in [-0.2, 0) is 25.5 Å². The number of hydrogen-bond acceptors (Lipinski definition) is 5. The summed E-state index contributed by atoms with van der Waals surface area (Å²) >= 11 is 0. The Morgan fingerprint density at radius 2 is 1.86 bits per heavy atom. The summed E-state index contributed by atoms with van der Waals surface area (Å²) in [4.78, 5) is 29.0. The van der Waals surface area contributed by atoms with Crippen LogP contribution >= 0.6 is 0 Å². The number of carbonyl (C=O) groups is 2. The second kappa shape index (κ2) is 6.70. The maximum absolute atomic E-state index is 12.5. The highest BCUT2D eigenvalue weighted by Crippen LogP contribution is 2.44. The van der Waals surface area contributed by atoms with E-state index >= 15 is 0 Å². The maximum atomic E-state index is 12.5. The third-order valence-electron chi connectivity index (χ3n) is 4.36. The van der Waals surface area contributed by atoms with Gasteiger partial charge in [-0.3, -0.25) is 14.6 Å². The van der Waals surface area contributed by atoms with Crippen molar-refractivity contribution in [3.05, 3.63) is 30.1 Å². The number of nitrogens with zero attached hydrogens (tertiary/aromatic N) is 1. The monoisotopic (exact) mass is 291 g/mol. The van der Waals surface area contributed by atoms with E-state index in [2.05, 4.69) is 4.98 Å². The van der Waals surface area contributed by atoms with Gasteiger partial charge in [-0.05, 0) is 30.4 Å². The van der Waals surface area contributed by atoms with Crippen LogP contribution in [0.15, 0.2) is 24.5 Å². The lowest BCUT2D eigenvalue weighted by Crippen LogP contribution is -2.48. The Labute approximate surface area is 124 Å². The smallest absolute Gasteiger partial charge is 0.323 e. The average molecular weight is 291 g/mol. The van der Waals surface area contributed by atoms with Crippen LogP contribution < -0.4 is 0 Å². The van der Waals surface area contributed by atoms with Crippen LogP contribution in [0.5, 0.6) is 0 Å². The summed E-state index contributed by atoms with van der Waals surface area (Å²) in [7, 11) is 2.64. The number of rotatable bonds is 5. The Balaban J connectivity index is 2.43. The van der Waals surface area contributed by atoms with Crippen molar-refractivity contribution in [1.82, 2.24) is 4.98 Å². The molecule has 114 valence electrons. The summed E-state index contributed by atoms with van der Waals surface area (Å²) in [5, 5.41) is 0. The first-order valence-electron chi connectivity index (χ1n) is 7.21. The average Bonchev–Trinajstić information content (AvgIpc) is 3.06. The number of ether oxygens (including phenoxy) is 2. The number of pyridine rings is 1. The van der Waals surface area contributed by atoms with Gasteiger partial charge in [0.2, 0.25) is 0 Å². The maximum Gasteiger partial charge on any atom is 0.323 e. The van der Waals surface area contributed by atoms with Crippen molar-refractivity contribution < 1.29 is 19.1 Å². The highest BCUT2D eigenvalue weighted by molar-refractivity contribution is 6.00. The summed E-state index contributed by atoms with van der Waals surface area (Å²) in [6.07, 6.45) is 7.33. The Bertz CT molecular complexity index is 478. The molecule has 5 heteroatoms. The van der Waals surface area contributed by atoms with Crippen molar-refractivity contribution in [3.63, 3.8) is 0 Å². The molecule has 0 aliphatic heterocycles. The molecular weight excluding hydrogens is 270 g/mol. The molecule has 21 heavy (non-hydrogen) atoms. The summed E-state index contributed by atoms with van der Waals surface area (Å²) in [6.45, 7) is 0. The zero-order chi connectivity index (χ0) is 15.3. The molecule has 0 atom stereocenters. The van der Waals surface area contributed by atoms with E-state index in [9.17, 15) is 9.59 Å². The molecule has 0 saturated heterocycles. The zero-order valence-corrected chi connectivity index (χ0v) is 12.5. The molecule has 1 aromatic rings. The van der Waals surface area contributed by atoms with Crippen molar-refractivity contribution in [3.8, 4) is 0 Å². The van der Waals surface area contributed by atoms with E-state index in [4.69, 9.17) is 9.47 Å². The van der Waals surface area contributed by atoms with Crippen molar-refractivity contribution in [1.29, 1.82) is 0 Å². The standard InChI is InChI=1S/C16H21NO4/c1-20-14(18)16(15(19)21-2,13-7-3-4-8-13)10-12-6-5-9-17-11-12/h5-6,9,11,13H,3-4,7-8,10H2,1-2H3. The highest BCUT2D eigenvalue weighted by atomic mass is 16.5. The Morgan fingerprint density at radius 3 is 2.33 bits per heavy atom. The van der Waals surface area contributed by atoms with Crippen molar-refractivity contribution in [2.75, 3.05) is 14.2 Å². The predicted molar refractivity (Wildman–Crippen MR) is 76.4 cm³/mol. The Hall–Kier alpha value is -1.91. The summed E-state index contributed by atoms with van der Waals surface area (Å²) < 4.78 is 9.93. The number of aromatic nitrogens is 1. The second-order valence-corrected chi connectivity index (χ2v) is 5.47. The lowest BCUT2D eigenvalue weighted by Gasteiger charge is -2.33. The fourth-order valence-electron chi connectivity index (χ4n) is 3.31. The molecule has 1 aromatic heterocycles. The predicted octanol–water partition coefficient (Wildman–Crippen LogP) is 2.15. The van der Waals surface area contributed by atoms with Gasteiger partial charge < -0.3 is 9.47 Å². The molecular formula is C16H21NO4. The van der Waals surface area contributed by atoms with E-state index < -0.39 is 17.4 Å². The molecule has 2 rings (SSSR count). The Morgan fingerprint density at radius 1 is 1.24 bits per heavy atom. The fourth-order valence-corrected chi connectivity index (χ4v) is 3.31. The van der Waals surface area contributed by atoms with Gasteiger partial charge in [-0.15, -0.1) is 0 Å². The van der Waals surface area contributed by atoms with Crippen molar-refractivity contribution >= 4 is 11.9 Å². The van der Waals surface area contributed by atoms with Gasteiger partial charge in [-0.2, -0.15) is 0 Å². The molecule has 0 bridgehead atoms. The number of hydrogen-bond donors (Lipinski definition) is 0. The van der Waals surface area contributed by atoms with E-state index in [1.165, 1.54) is 14.2 Å². The molecule has 0 unspecified atom stereocenters. The van der Waals surface area contributed by atoms with Gasteiger partial charge in [-0.25, -0.2) is 0 Å². The normalized spacial score (nSPS) is 15.7. The SMILES string of the molecule is COC(=O)C(Cc1cccnc1)(C(=O)OC)C1CCCC1. The minimum Gasteiger partial charge on any atom is -0.468 e. The van der Waals surface area contributed by atoms with Crippen LogP contribution in [0.1, 0.15) is 31.2 Å². The van der Waals surface area contributed by atoms with Gasteiger partial charge in [0.25, 0.3) is 0 Å². The third kappa shape index (κ3) is 2.91. The molecule has 0 N–H and O–H groups in total. The van der Waals surface area contributed by atoms with Crippen LogP contribution in [0, 0.1) is 11.3 Å². The fraction of sp³-hybridized carbons (Fsp3) is 0.562. The molecule has 1 aliphatic rings. The summed E-state index contributed by atoms with van der Waals surface area (Å²) in [6, 6.07) is 3.66. The van der Waals surface area contributed by atoms with Gasteiger partial charge in [0, 0.05) is 18.8 Å². The second-order valence-electron chi connectivity index (χ2n) is 5.47. The van der Waals surface area contributed by atoms with Crippen LogP contribution in [0.2, 0.25) is 0 Å². The Kier molecular flexibility index (Phi) is 4.94. The van der Waals surface area contributed by atoms with E-state index in [-0.39, 0.29) is 12.3 Å². The molecule has 1 heterocycles. The molecule has 0 radical (unpaired) electrons. The van der Waals surface area contributed by atoms with Crippen LogP contribution in [0.4, 0.5) is 0 Å². The number of methoxy groups -OCH3 is 2. The highest BCUT2D eigenvalue weighted by Gasteiger charge is 2.54. The molecule has 1 aliphatic carbocycles. The minimum absolute atomic E-state index is 0.0439. The van der Waals surface area contributed by atoms with Crippen LogP contribution in [-0.4, -0.2) is 31.1 Å². The van der Waals surface area contributed by atoms with E-state index in [0.717, 1.165) is 31.2 Å². The largest absolute Gasteiger partial charge is 0.468 e. The van der Waals surface area contributed by atoms with Gasteiger partial charge in [0.1, 0.15) is 0 Å². The van der Waals surface area contributed by atoms with Crippen molar-refractivity contribution in [2.24, 2.45) is 11.3 Å². The van der Waals surface area contributed by atoms with Gasteiger partial charge in [0.05, 0.1) is 14.2 Å².